The topological polar surface area (TPSA) is 120 Å². The Hall–Kier alpha value is -3.04. The van der Waals surface area contributed by atoms with E-state index in [1.54, 1.807) is 0 Å². The molecule has 2 heterocycles. The van der Waals surface area contributed by atoms with E-state index < -0.39 is 12.2 Å². The van der Waals surface area contributed by atoms with Crippen LogP contribution in [0.3, 0.4) is 0 Å². The Morgan fingerprint density at radius 2 is 1.46 bits per heavy atom. The number of carbonyl (C=O) groups is 2. The lowest BCUT2D eigenvalue weighted by atomic mass is 10.1. The first kappa shape index (κ1) is 30.2. The summed E-state index contributed by atoms with van der Waals surface area (Å²) < 4.78 is 10.9. The number of nitrogens with zero attached hydrogens (tertiary/aromatic N) is 3. The van der Waals surface area contributed by atoms with Gasteiger partial charge in [-0.3, -0.25) is 0 Å². The van der Waals surface area contributed by atoms with Crippen molar-refractivity contribution in [1.29, 1.82) is 0 Å². The van der Waals surface area contributed by atoms with Gasteiger partial charge in [-0.1, -0.05) is 95.2 Å². The van der Waals surface area contributed by atoms with Gasteiger partial charge in [-0.05, 0) is 19.3 Å². The first-order valence-corrected chi connectivity index (χ1v) is 14.0. The van der Waals surface area contributed by atoms with Gasteiger partial charge in [0.15, 0.2) is 5.82 Å². The molecule has 1 aromatic heterocycles. The first-order chi connectivity index (χ1) is 18.0. The Morgan fingerprint density at radius 3 is 2.03 bits per heavy atom. The Morgan fingerprint density at radius 1 is 0.892 bits per heavy atom. The Labute approximate surface area is 221 Å². The van der Waals surface area contributed by atoms with Crippen molar-refractivity contribution in [2.24, 2.45) is 0 Å². The fourth-order valence-corrected chi connectivity index (χ4v) is 4.02. The van der Waals surface area contributed by atoms with Crippen molar-refractivity contribution in [1.82, 2.24) is 4.98 Å². The number of anilines is 3. The van der Waals surface area contributed by atoms with Crippen LogP contribution in [0.4, 0.5) is 27.2 Å². The van der Waals surface area contributed by atoms with Crippen LogP contribution >= 0.6 is 0 Å². The lowest BCUT2D eigenvalue weighted by Crippen LogP contribution is -2.40. The molecule has 208 valence electrons. The lowest BCUT2D eigenvalue weighted by molar-refractivity contribution is -0.577. The van der Waals surface area contributed by atoms with Gasteiger partial charge in [-0.2, -0.15) is 5.32 Å². The van der Waals surface area contributed by atoms with Crippen molar-refractivity contribution in [3.8, 4) is 0 Å². The van der Waals surface area contributed by atoms with E-state index in [1.165, 1.54) is 44.6 Å². The van der Waals surface area contributed by atoms with Gasteiger partial charge < -0.3 is 19.6 Å². The molecule has 0 saturated heterocycles. The molecule has 0 unspecified atom stereocenters. The third-order valence-corrected chi connectivity index (χ3v) is 6.19. The lowest BCUT2D eigenvalue weighted by Gasteiger charge is -2.24. The molecule has 2 N–H and O–H groups in total. The Balaban J connectivity index is 1.94. The van der Waals surface area contributed by atoms with E-state index in [-0.39, 0.29) is 25.0 Å². The maximum atomic E-state index is 12.9. The van der Waals surface area contributed by atoms with Crippen LogP contribution in [0.2, 0.25) is 0 Å². The third-order valence-electron chi connectivity index (χ3n) is 6.19. The molecule has 1 aliphatic rings. The van der Waals surface area contributed by atoms with Crippen LogP contribution in [-0.4, -0.2) is 43.5 Å². The van der Waals surface area contributed by atoms with E-state index >= 15 is 0 Å². The van der Waals surface area contributed by atoms with E-state index in [9.17, 15) is 14.8 Å². The molecule has 0 saturated carbocycles. The van der Waals surface area contributed by atoms with Crippen molar-refractivity contribution in [3.05, 3.63) is 23.4 Å². The number of ether oxygens (including phenoxy) is 2. The van der Waals surface area contributed by atoms with Crippen molar-refractivity contribution in [2.45, 2.75) is 97.3 Å². The number of amides is 2. The molecule has 0 fully saturated rings. The zero-order valence-corrected chi connectivity index (χ0v) is 22.6. The molecule has 0 spiro atoms. The van der Waals surface area contributed by atoms with Gasteiger partial charge >= 0.3 is 18.1 Å². The van der Waals surface area contributed by atoms with Gasteiger partial charge in [0.2, 0.25) is 5.82 Å². The number of hydrogen-bond donors (Lipinski definition) is 2. The highest BCUT2D eigenvalue weighted by molar-refractivity contribution is 5.84. The largest absolute Gasteiger partial charge is 0.754 e. The fourth-order valence-electron chi connectivity index (χ4n) is 4.02. The maximum absolute atomic E-state index is 12.9. The molecule has 0 atom stereocenters. The van der Waals surface area contributed by atoms with Crippen LogP contribution in [0.1, 0.15) is 97.3 Å². The highest BCUT2D eigenvalue weighted by Crippen LogP contribution is 2.19. The predicted molar refractivity (Wildman–Crippen MR) is 146 cm³/mol. The first-order valence-electron chi connectivity index (χ1n) is 14.0. The van der Waals surface area contributed by atoms with E-state index in [0.717, 1.165) is 44.9 Å². The minimum atomic E-state index is -0.752. The van der Waals surface area contributed by atoms with E-state index in [0.29, 0.717) is 23.6 Å². The van der Waals surface area contributed by atoms with Crippen LogP contribution in [-0.2, 0) is 9.47 Å². The molecule has 2 amide bonds. The predicted octanol–water partition coefficient (Wildman–Crippen LogP) is 6.30. The molecular weight excluding hydrogens is 474 g/mol. The third kappa shape index (κ3) is 12.2. The highest BCUT2D eigenvalue weighted by atomic mass is 16.6. The van der Waals surface area contributed by atoms with Crippen molar-refractivity contribution in [2.75, 3.05) is 41.8 Å². The zero-order valence-electron chi connectivity index (χ0n) is 22.6. The Kier molecular flexibility index (Phi) is 14.9. The smallest absolute Gasteiger partial charge is 0.460 e. The normalized spacial score (nSPS) is 12.9. The maximum Gasteiger partial charge on any atom is 0.460 e. The summed E-state index contributed by atoms with van der Waals surface area (Å²) in [4.78, 5) is 31.0. The van der Waals surface area contributed by atoms with Crippen LogP contribution in [0.25, 0.3) is 0 Å². The van der Waals surface area contributed by atoms with Gasteiger partial charge in [0.25, 0.3) is 0 Å². The van der Waals surface area contributed by atoms with E-state index in [2.05, 4.69) is 35.5 Å². The second kappa shape index (κ2) is 18.2. The van der Waals surface area contributed by atoms with Crippen LogP contribution < -0.4 is 20.3 Å². The summed E-state index contributed by atoms with van der Waals surface area (Å²) in [6, 6.07) is 1.49. The molecular formula is C27H45N5O5. The average Bonchev–Trinajstić information content (AvgIpc) is 2.90. The average molecular weight is 520 g/mol. The number of rotatable bonds is 17. The molecule has 1 aliphatic heterocycles. The summed E-state index contributed by atoms with van der Waals surface area (Å²) in [5, 5.41) is 17.8. The second-order valence-electron chi connectivity index (χ2n) is 9.38. The fraction of sp³-hybridized carbons (Fsp3) is 0.704. The van der Waals surface area contributed by atoms with Crippen molar-refractivity contribution in [3.63, 3.8) is 0 Å². The van der Waals surface area contributed by atoms with Gasteiger partial charge in [0.05, 0.1) is 19.3 Å². The van der Waals surface area contributed by atoms with Crippen LogP contribution in [0.5, 0.6) is 0 Å². The highest BCUT2D eigenvalue weighted by Gasteiger charge is 2.22. The molecule has 10 nitrogen and oxygen atoms in total. The molecule has 0 aromatic carbocycles. The molecule has 0 aliphatic carbocycles. The summed E-state index contributed by atoms with van der Waals surface area (Å²) in [5.41, 5.74) is 0. The van der Waals surface area contributed by atoms with Crippen molar-refractivity contribution >= 4 is 29.8 Å². The van der Waals surface area contributed by atoms with Crippen molar-refractivity contribution < 1.29 is 23.8 Å². The number of carbonyl (C=O) groups excluding carboxylic acids is 2. The quantitative estimate of drug-likeness (QED) is 0.107. The Bertz CT molecular complexity index is 795. The minimum Gasteiger partial charge on any atom is -0.754 e. The van der Waals surface area contributed by atoms with Gasteiger partial charge in [0, 0.05) is 13.1 Å². The summed E-state index contributed by atoms with van der Waals surface area (Å²) in [7, 11) is 0. The number of unbranched alkanes of at least 4 members (excludes halogenated alkanes) is 10. The molecule has 2 rings (SSSR count). The second-order valence-corrected chi connectivity index (χ2v) is 9.38. The number of hydrogen-bond acceptors (Lipinski definition) is 7. The van der Waals surface area contributed by atoms with Crippen LogP contribution in [0, 0.1) is 5.21 Å². The number of nitrogens with one attached hydrogen (secondary N) is 2. The van der Waals surface area contributed by atoms with E-state index in [4.69, 9.17) is 9.47 Å². The van der Waals surface area contributed by atoms with E-state index in [1.807, 2.05) is 11.0 Å². The summed E-state index contributed by atoms with van der Waals surface area (Å²) in [5.74, 6) is 0.138. The van der Waals surface area contributed by atoms with Crippen LogP contribution in [0.15, 0.2) is 18.2 Å². The molecule has 37 heavy (non-hydrogen) atoms. The molecule has 0 radical (unpaired) electrons. The minimum absolute atomic E-state index is 0.0706. The van der Waals surface area contributed by atoms with Gasteiger partial charge in [0.1, 0.15) is 0 Å². The summed E-state index contributed by atoms with van der Waals surface area (Å²) >= 11 is 0. The monoisotopic (exact) mass is 519 g/mol. The molecule has 0 bridgehead atoms. The summed E-state index contributed by atoms with van der Waals surface area (Å²) in [6.45, 7) is 6.20. The SMILES string of the molecule is CCCCCCCCOC(=O)Nc1cc(N2CC=CCC2)nc(NC(=O)OCCCCCCCC)[n+]1[O-]. The number of aromatic nitrogens is 2. The zero-order chi connectivity index (χ0) is 26.7. The summed E-state index contributed by atoms with van der Waals surface area (Å²) in [6.07, 6.45) is 16.3. The molecule has 10 heteroatoms. The van der Waals surface area contributed by atoms with Gasteiger partial charge in [-0.15, -0.1) is 0 Å². The molecule has 1 aromatic rings. The standard InChI is InChI=1S/C27H45N5O5/c1-3-5-7-9-11-16-20-36-26(33)29-24-22-23(31-18-14-13-15-19-31)28-25(32(24)35)30-27(34)37-21-17-12-10-8-6-4-2/h13-14,22H,3-12,15-21H2,1-2H3,(H,29,33)(H,28,30,34). The van der Waals surface area contributed by atoms with Gasteiger partial charge in [-0.25, -0.2) is 19.6 Å².